The minimum atomic E-state index is -1.69. The van der Waals surface area contributed by atoms with E-state index in [1.54, 1.807) is 22.3 Å². The summed E-state index contributed by atoms with van der Waals surface area (Å²) in [6, 6.07) is 18.4. The fourth-order valence-electron chi connectivity index (χ4n) is 4.66. The van der Waals surface area contributed by atoms with Crippen molar-refractivity contribution in [3.05, 3.63) is 82.9 Å². The molecule has 0 saturated heterocycles. The van der Waals surface area contributed by atoms with Crippen LogP contribution in [0.4, 0.5) is 0 Å². The van der Waals surface area contributed by atoms with Gasteiger partial charge in [0.15, 0.2) is 0 Å². The Morgan fingerprint density at radius 3 is 2.26 bits per heavy atom. The standard InChI is InChI=1S/C12H13.C9H7.C2H7Si.2ClH.Zr/c1-2-5-10-8-9-11-6-3-4-7-12(10)11;1-2-5-9-7-3-6-8(9)4-1;1-3-2;;;/h3-4,6-9H,2,5H2,1H3;1-7H;3H,1-2H3;2*1H;/q;;;;;+2/p-2. The van der Waals surface area contributed by atoms with Crippen molar-refractivity contribution >= 4 is 17.6 Å². The third-order valence-electron chi connectivity index (χ3n) is 5.71. The molecule has 0 aromatic heterocycles. The molecule has 2 unspecified atom stereocenters. The van der Waals surface area contributed by atoms with Gasteiger partial charge in [-0.3, -0.25) is 0 Å². The molecule has 2 aromatic carbocycles. The average molecular weight is 494 g/mol. The second-order valence-corrected chi connectivity index (χ2v) is 27.9. The van der Waals surface area contributed by atoms with Gasteiger partial charge in [-0.25, -0.2) is 0 Å². The summed E-state index contributed by atoms with van der Waals surface area (Å²) in [6.07, 6.45) is 10.2. The van der Waals surface area contributed by atoms with E-state index in [0.29, 0.717) is 0 Å². The molecule has 27 heavy (non-hydrogen) atoms. The Kier molecular flexibility index (Phi) is 8.37. The van der Waals surface area contributed by atoms with Gasteiger partial charge in [0, 0.05) is 0 Å². The third-order valence-corrected chi connectivity index (χ3v) is 27.1. The molecule has 0 aliphatic heterocycles. The molecule has 0 fully saturated rings. The summed E-state index contributed by atoms with van der Waals surface area (Å²) in [4.78, 5) is 0. The number of benzene rings is 2. The molecule has 4 heteroatoms. The molecule has 0 radical (unpaired) electrons. The normalized spacial score (nSPS) is 19.0. The molecular formula is C23H27Cl2SiZr. The number of halogens is 2. The molecule has 141 valence electrons. The number of allylic oxidation sites excluding steroid dienone is 3. The first-order valence-electron chi connectivity index (χ1n) is 9.64. The third kappa shape index (κ3) is 4.30. The molecular weight excluding hydrogens is 466 g/mol. The van der Waals surface area contributed by atoms with Crippen molar-refractivity contribution in [1.29, 1.82) is 0 Å². The van der Waals surface area contributed by atoms with Crippen LogP contribution in [0.2, 0.25) is 13.1 Å². The van der Waals surface area contributed by atoms with E-state index >= 15 is 0 Å². The van der Waals surface area contributed by atoms with Crippen LogP contribution in [0, 0.1) is 0 Å². The van der Waals surface area contributed by atoms with Crippen LogP contribution < -0.4 is 24.8 Å². The molecule has 2 atom stereocenters. The minimum absolute atomic E-state index is 0. The summed E-state index contributed by atoms with van der Waals surface area (Å²) >= 11 is -1.69. The second-order valence-electron chi connectivity index (χ2n) is 7.63. The van der Waals surface area contributed by atoms with Crippen molar-refractivity contribution in [1.82, 2.24) is 0 Å². The van der Waals surface area contributed by atoms with E-state index in [2.05, 4.69) is 86.8 Å². The molecule has 2 aromatic rings. The average Bonchev–Trinajstić information content (AvgIpc) is 3.19. The van der Waals surface area contributed by atoms with Crippen LogP contribution in [-0.2, 0) is 20.9 Å². The molecule has 0 nitrogen and oxygen atoms in total. The van der Waals surface area contributed by atoms with Crippen LogP contribution in [0.15, 0.2) is 60.7 Å². The molecule has 0 saturated carbocycles. The molecule has 4 rings (SSSR count). The van der Waals surface area contributed by atoms with E-state index in [9.17, 15) is 0 Å². The molecule has 0 amide bonds. The summed E-state index contributed by atoms with van der Waals surface area (Å²) in [5, 5.41) is 0. The van der Waals surface area contributed by atoms with E-state index in [-0.39, 0.29) is 24.8 Å². The molecule has 2 aliphatic rings. The first-order valence-corrected chi connectivity index (χ1v) is 19.6. The quantitative estimate of drug-likeness (QED) is 0.526. The predicted molar refractivity (Wildman–Crippen MR) is 109 cm³/mol. The Morgan fingerprint density at radius 1 is 0.889 bits per heavy atom. The topological polar surface area (TPSA) is 0 Å². The summed E-state index contributed by atoms with van der Waals surface area (Å²) in [5.41, 5.74) is 7.97. The van der Waals surface area contributed by atoms with Crippen molar-refractivity contribution in [2.45, 2.75) is 40.1 Å². The van der Waals surface area contributed by atoms with Gasteiger partial charge in [0.1, 0.15) is 0 Å². The summed E-state index contributed by atoms with van der Waals surface area (Å²) in [7, 11) is 0. The SMILES string of the molecule is CCCC1=C[CH]([Zr+2]([CH]2C=Cc3ccccc32)[SiH](C)C)c2ccccc21.[Cl-].[Cl-]. The van der Waals surface area contributed by atoms with E-state index in [1.165, 1.54) is 18.4 Å². The van der Waals surface area contributed by atoms with Crippen molar-refractivity contribution in [3.63, 3.8) is 0 Å². The van der Waals surface area contributed by atoms with Gasteiger partial charge in [-0.1, -0.05) is 0 Å². The van der Waals surface area contributed by atoms with Crippen LogP contribution in [0.1, 0.15) is 49.3 Å². The van der Waals surface area contributed by atoms with Crippen molar-refractivity contribution in [3.8, 4) is 0 Å². The fraction of sp³-hybridized carbons (Fsp3) is 0.304. The van der Waals surface area contributed by atoms with E-state index < -0.39 is 26.8 Å². The van der Waals surface area contributed by atoms with Crippen LogP contribution in [0.5, 0.6) is 0 Å². The van der Waals surface area contributed by atoms with Gasteiger partial charge < -0.3 is 24.8 Å². The number of fused-ring (bicyclic) bond motifs is 2. The van der Waals surface area contributed by atoms with Crippen molar-refractivity contribution in [2.24, 2.45) is 0 Å². The molecule has 0 bridgehead atoms. The Balaban J connectivity index is 0.00000131. The van der Waals surface area contributed by atoms with Crippen molar-refractivity contribution in [2.75, 3.05) is 0 Å². The Bertz CT molecular complexity index is 844. The van der Waals surface area contributed by atoms with Gasteiger partial charge >= 0.3 is 162 Å². The zero-order chi connectivity index (χ0) is 17.4. The summed E-state index contributed by atoms with van der Waals surface area (Å²) in [5.74, 6) is -0.656. The first-order chi connectivity index (χ1) is 12.2. The largest absolute Gasteiger partial charge is 1.00 e. The van der Waals surface area contributed by atoms with Gasteiger partial charge in [-0.15, -0.1) is 0 Å². The maximum Gasteiger partial charge on any atom is -1.00 e. The summed E-state index contributed by atoms with van der Waals surface area (Å²) in [6.45, 7) is 7.55. The van der Waals surface area contributed by atoms with Crippen LogP contribution in [-0.4, -0.2) is 5.92 Å². The smallest absolute Gasteiger partial charge is 1.00 e. The van der Waals surface area contributed by atoms with E-state index in [0.717, 1.165) is 7.25 Å². The second kappa shape index (κ2) is 9.88. The van der Waals surface area contributed by atoms with Crippen LogP contribution in [0.3, 0.4) is 0 Å². The molecule has 0 spiro atoms. The van der Waals surface area contributed by atoms with Gasteiger partial charge in [0.25, 0.3) is 0 Å². The summed E-state index contributed by atoms with van der Waals surface area (Å²) < 4.78 is 1.56. The number of hydrogen-bond donors (Lipinski definition) is 0. The van der Waals surface area contributed by atoms with E-state index in [1.807, 2.05) is 0 Å². The molecule has 2 aliphatic carbocycles. The monoisotopic (exact) mass is 491 g/mol. The fourth-order valence-corrected chi connectivity index (χ4v) is 25.8. The maximum atomic E-state index is 2.71. The van der Waals surface area contributed by atoms with Crippen LogP contribution >= 0.6 is 0 Å². The number of rotatable bonds is 5. The maximum absolute atomic E-state index is 2.71. The Hall–Kier alpha value is -0.400. The van der Waals surface area contributed by atoms with E-state index in [4.69, 9.17) is 0 Å². The minimum Gasteiger partial charge on any atom is -1.00 e. The number of hydrogen-bond acceptors (Lipinski definition) is 0. The van der Waals surface area contributed by atoms with Crippen molar-refractivity contribution < 1.29 is 45.7 Å². The van der Waals surface area contributed by atoms with Gasteiger partial charge in [0.2, 0.25) is 0 Å². The first kappa shape index (κ1) is 22.9. The Labute approximate surface area is 185 Å². The van der Waals surface area contributed by atoms with Crippen LogP contribution in [0.25, 0.3) is 11.6 Å². The van der Waals surface area contributed by atoms with Gasteiger partial charge in [-0.05, 0) is 0 Å². The predicted octanol–water partition coefficient (Wildman–Crippen LogP) is 0.303. The zero-order valence-corrected chi connectivity index (χ0v) is 21.4. The molecule has 0 heterocycles. The molecule has 0 N–H and O–H groups in total. The zero-order valence-electron chi connectivity index (χ0n) is 16.3. The van der Waals surface area contributed by atoms with Gasteiger partial charge in [-0.2, -0.15) is 0 Å². The van der Waals surface area contributed by atoms with Gasteiger partial charge in [0.05, 0.1) is 0 Å². The Morgan fingerprint density at radius 2 is 1.56 bits per heavy atom.